The third kappa shape index (κ3) is 11.9. The molecule has 0 saturated carbocycles. The van der Waals surface area contributed by atoms with Crippen molar-refractivity contribution in [3.05, 3.63) is 151 Å². The number of hydrogen-bond acceptors (Lipinski definition) is 12. The van der Waals surface area contributed by atoms with E-state index in [1.807, 2.05) is 95.2 Å². The summed E-state index contributed by atoms with van der Waals surface area (Å²) < 4.78 is 59.9. The number of esters is 3. The summed E-state index contributed by atoms with van der Waals surface area (Å²) in [6, 6.07) is 27.9. The van der Waals surface area contributed by atoms with Crippen LogP contribution in [0.3, 0.4) is 0 Å². The molecule has 64 heavy (non-hydrogen) atoms. The van der Waals surface area contributed by atoms with Crippen LogP contribution in [-0.4, -0.2) is 84.0 Å². The standard InChI is InChI=1S/C23H26N2O5.C18H18N2O3.C7H8O3S/c1-23(2,3)30-22(27)18(21(26)29-5)20(16-9-7-12-24-14-16)25-13-11-15-8-6-10-17(28-4)19(15)25;1-22-16-7-3-5-13-8-10-20(18(13)16)15(11-17(21)23-2)14-6-4-9-19-12-14;1-6-2-4-7(5-3-6)11(8,9)10/h6-14,18,20H,1-5H3;3-10,12,15H,11H2,1-2H3;2-5H,1H3,(H,8,9,10). The normalized spacial score (nSPS) is 12.6. The van der Waals surface area contributed by atoms with Crippen molar-refractivity contribution in [2.45, 2.75) is 56.7 Å². The SMILES string of the molecule is COC(=O)C(C(=O)OC(C)(C)C)C(c1cccnc1)n1ccc2cccc(OC)c21.COC(=O)CC(c1cccnc1)n1ccc2cccc(OC)c21.Cc1ccc(S(=O)(=O)O)cc1. The van der Waals surface area contributed by atoms with Crippen molar-refractivity contribution < 1.29 is 51.0 Å². The molecule has 0 spiro atoms. The maximum Gasteiger partial charge on any atom is 0.323 e. The highest BCUT2D eigenvalue weighted by Crippen LogP contribution is 2.37. The summed E-state index contributed by atoms with van der Waals surface area (Å²) in [5.74, 6) is -1.46. The van der Waals surface area contributed by atoms with Gasteiger partial charge in [0, 0.05) is 48.0 Å². The number of fused-ring (bicyclic) bond motifs is 2. The van der Waals surface area contributed by atoms with Gasteiger partial charge in [-0.15, -0.1) is 0 Å². The summed E-state index contributed by atoms with van der Waals surface area (Å²) in [6.45, 7) is 7.11. The molecule has 0 aliphatic rings. The number of hydrogen-bond donors (Lipinski definition) is 1. The van der Waals surface area contributed by atoms with Crippen molar-refractivity contribution in [3.8, 4) is 11.5 Å². The van der Waals surface area contributed by atoms with Crippen molar-refractivity contribution in [2.24, 2.45) is 5.92 Å². The van der Waals surface area contributed by atoms with Crippen molar-refractivity contribution >= 4 is 49.8 Å². The van der Waals surface area contributed by atoms with Gasteiger partial charge in [-0.1, -0.05) is 54.1 Å². The summed E-state index contributed by atoms with van der Waals surface area (Å²) >= 11 is 0. The number of nitrogens with zero attached hydrogens (tertiary/aromatic N) is 4. The molecule has 4 aromatic heterocycles. The van der Waals surface area contributed by atoms with E-state index in [4.69, 9.17) is 28.2 Å². The lowest BCUT2D eigenvalue weighted by atomic mass is 9.93. The van der Waals surface area contributed by atoms with Gasteiger partial charge in [-0.25, -0.2) is 0 Å². The Morgan fingerprint density at radius 3 is 1.67 bits per heavy atom. The van der Waals surface area contributed by atoms with E-state index in [9.17, 15) is 22.8 Å². The second-order valence-corrected chi connectivity index (χ2v) is 16.8. The first-order valence-electron chi connectivity index (χ1n) is 20.0. The van der Waals surface area contributed by atoms with E-state index in [1.54, 1.807) is 78.0 Å². The highest BCUT2D eigenvalue weighted by molar-refractivity contribution is 7.85. The number of methoxy groups -OCH3 is 4. The zero-order chi connectivity index (χ0) is 46.6. The predicted octanol–water partition coefficient (Wildman–Crippen LogP) is 8.20. The summed E-state index contributed by atoms with van der Waals surface area (Å²) in [7, 11) is 1.86. The molecule has 0 saturated heterocycles. The Morgan fingerprint density at radius 2 is 1.20 bits per heavy atom. The predicted molar refractivity (Wildman–Crippen MR) is 241 cm³/mol. The van der Waals surface area contributed by atoms with E-state index in [1.165, 1.54) is 26.4 Å². The lowest BCUT2D eigenvalue weighted by Gasteiger charge is -2.29. The number of carbonyl (C=O) groups excluding carboxylic acids is 3. The summed E-state index contributed by atoms with van der Waals surface area (Å²) in [6.07, 6.45) is 10.8. The molecule has 3 unspecified atom stereocenters. The molecule has 0 bridgehead atoms. The maximum atomic E-state index is 13.2. The van der Waals surface area contributed by atoms with E-state index in [-0.39, 0.29) is 23.3 Å². The molecule has 0 fully saturated rings. The van der Waals surface area contributed by atoms with Gasteiger partial charge >= 0.3 is 17.9 Å². The molecule has 16 heteroatoms. The molecule has 7 aromatic rings. The summed E-state index contributed by atoms with van der Waals surface area (Å²) in [5, 5.41) is 1.97. The van der Waals surface area contributed by atoms with Crippen LogP contribution >= 0.6 is 0 Å². The van der Waals surface area contributed by atoms with Gasteiger partial charge in [-0.2, -0.15) is 8.42 Å². The van der Waals surface area contributed by atoms with E-state index in [0.29, 0.717) is 11.3 Å². The first-order valence-corrected chi connectivity index (χ1v) is 21.4. The monoisotopic (exact) mass is 892 g/mol. The number of aromatic nitrogens is 4. The second kappa shape index (κ2) is 21.4. The summed E-state index contributed by atoms with van der Waals surface area (Å²) in [4.78, 5) is 46.2. The fraction of sp³-hybridized carbons (Fsp3) is 0.271. The second-order valence-electron chi connectivity index (χ2n) is 15.4. The Labute approximate surface area is 372 Å². The van der Waals surface area contributed by atoms with Crippen LogP contribution in [0.2, 0.25) is 0 Å². The number of para-hydroxylation sites is 2. The molecule has 3 aromatic carbocycles. The average Bonchev–Trinajstić information content (AvgIpc) is 3.92. The molecule has 1 N–H and O–H groups in total. The minimum absolute atomic E-state index is 0.0666. The van der Waals surface area contributed by atoms with E-state index in [2.05, 4.69) is 9.97 Å². The molecule has 3 atom stereocenters. The van der Waals surface area contributed by atoms with Crippen LogP contribution in [-0.2, 0) is 38.7 Å². The Morgan fingerprint density at radius 1 is 0.672 bits per heavy atom. The number of benzene rings is 3. The van der Waals surface area contributed by atoms with Crippen molar-refractivity contribution in [3.63, 3.8) is 0 Å². The Balaban J connectivity index is 0.000000199. The fourth-order valence-corrected chi connectivity index (χ4v) is 7.48. The molecular weight excluding hydrogens is 841 g/mol. The molecule has 0 radical (unpaired) electrons. The number of ether oxygens (including phenoxy) is 5. The first-order chi connectivity index (χ1) is 30.5. The molecule has 7 rings (SSSR count). The number of rotatable bonds is 12. The third-order valence-corrected chi connectivity index (χ3v) is 10.8. The Bertz CT molecular complexity index is 2770. The van der Waals surface area contributed by atoms with Crippen LogP contribution in [0.4, 0.5) is 0 Å². The zero-order valence-corrected chi connectivity index (χ0v) is 37.7. The highest BCUT2D eigenvalue weighted by Gasteiger charge is 2.42. The van der Waals surface area contributed by atoms with Crippen molar-refractivity contribution in [1.82, 2.24) is 19.1 Å². The molecule has 0 amide bonds. The van der Waals surface area contributed by atoms with Gasteiger partial charge in [0.15, 0.2) is 5.92 Å². The van der Waals surface area contributed by atoms with Crippen molar-refractivity contribution in [1.29, 1.82) is 0 Å². The smallest absolute Gasteiger partial charge is 0.323 e. The Kier molecular flexibility index (Phi) is 16.0. The number of carbonyl (C=O) groups is 3. The van der Waals surface area contributed by atoms with Gasteiger partial charge in [-0.05, 0) is 87.4 Å². The average molecular weight is 893 g/mol. The van der Waals surface area contributed by atoms with Crippen LogP contribution < -0.4 is 9.47 Å². The van der Waals surface area contributed by atoms with Gasteiger partial charge in [0.1, 0.15) is 17.1 Å². The van der Waals surface area contributed by atoms with Gasteiger partial charge in [0.2, 0.25) is 0 Å². The third-order valence-electron chi connectivity index (χ3n) is 9.91. The molecule has 336 valence electrons. The quantitative estimate of drug-likeness (QED) is 0.0536. The topological polar surface area (TPSA) is 187 Å². The van der Waals surface area contributed by atoms with E-state index >= 15 is 0 Å². The molecule has 4 heterocycles. The molecule has 0 aliphatic heterocycles. The fourth-order valence-electron chi connectivity index (χ4n) is 7.00. The largest absolute Gasteiger partial charge is 0.495 e. The van der Waals surface area contributed by atoms with Crippen LogP contribution in [0.25, 0.3) is 21.8 Å². The first kappa shape index (κ1) is 48.0. The maximum absolute atomic E-state index is 13.2. The molecular formula is C48H52N4O11S. The highest BCUT2D eigenvalue weighted by atomic mass is 32.2. The van der Waals surface area contributed by atoms with Crippen LogP contribution in [0, 0.1) is 12.8 Å². The van der Waals surface area contributed by atoms with Crippen LogP contribution in [0.1, 0.15) is 56.0 Å². The summed E-state index contributed by atoms with van der Waals surface area (Å²) in [5.41, 5.74) is 3.51. The lowest BCUT2D eigenvalue weighted by Crippen LogP contribution is -2.39. The Hall–Kier alpha value is -7.04. The van der Waals surface area contributed by atoms with Crippen LogP contribution in [0.5, 0.6) is 11.5 Å². The minimum atomic E-state index is -4.02. The lowest BCUT2D eigenvalue weighted by molar-refractivity contribution is -0.169. The van der Waals surface area contributed by atoms with Crippen molar-refractivity contribution in [2.75, 3.05) is 28.4 Å². The number of pyridine rings is 2. The molecule has 0 aliphatic carbocycles. The zero-order valence-electron chi connectivity index (χ0n) is 36.9. The van der Waals surface area contributed by atoms with E-state index < -0.39 is 39.6 Å². The van der Waals surface area contributed by atoms with E-state index in [0.717, 1.165) is 38.7 Å². The van der Waals surface area contributed by atoms with Crippen LogP contribution in [0.15, 0.2) is 139 Å². The van der Waals surface area contributed by atoms with Gasteiger partial charge in [0.05, 0.1) is 62.9 Å². The van der Waals surface area contributed by atoms with Gasteiger partial charge < -0.3 is 32.8 Å². The van der Waals surface area contributed by atoms with Gasteiger partial charge in [0.25, 0.3) is 10.1 Å². The molecule has 15 nitrogen and oxygen atoms in total. The van der Waals surface area contributed by atoms with Gasteiger partial charge in [-0.3, -0.25) is 28.9 Å². The number of aryl methyl sites for hydroxylation is 1. The minimum Gasteiger partial charge on any atom is -0.495 e.